The molecule has 13 heteroatoms. The molecular formula is C20H18ClF3N4O4S. The van der Waals surface area contributed by atoms with Gasteiger partial charge in [0.1, 0.15) is 5.82 Å². The lowest BCUT2D eigenvalue weighted by molar-refractivity contribution is 0.197. The molecule has 1 heterocycles. The van der Waals surface area contributed by atoms with Crippen LogP contribution in [0, 0.1) is 17.5 Å². The van der Waals surface area contributed by atoms with Gasteiger partial charge in [-0.2, -0.15) is 0 Å². The van der Waals surface area contributed by atoms with Crippen molar-refractivity contribution in [3.8, 4) is 0 Å². The molecule has 0 fully saturated rings. The molecule has 1 atom stereocenters. The van der Waals surface area contributed by atoms with E-state index in [4.69, 9.17) is 16.7 Å². The molecular weight excluding hydrogens is 485 g/mol. The van der Waals surface area contributed by atoms with Gasteiger partial charge in [0, 0.05) is 18.4 Å². The molecule has 2 aromatic carbocycles. The molecule has 33 heavy (non-hydrogen) atoms. The number of carbonyl (C=O) groups is 1. The number of hydrogen-bond acceptors (Lipinski definition) is 4. The van der Waals surface area contributed by atoms with Crippen LogP contribution >= 0.6 is 11.6 Å². The van der Waals surface area contributed by atoms with Crippen molar-refractivity contribution in [1.29, 1.82) is 0 Å². The van der Waals surface area contributed by atoms with Gasteiger partial charge in [-0.1, -0.05) is 17.7 Å². The second kappa shape index (κ2) is 9.41. The van der Waals surface area contributed by atoms with Gasteiger partial charge in [0.25, 0.3) is 5.56 Å². The van der Waals surface area contributed by atoms with Gasteiger partial charge in [0.15, 0.2) is 11.6 Å². The van der Waals surface area contributed by atoms with Crippen LogP contribution < -0.4 is 16.0 Å². The molecule has 176 valence electrons. The number of nitrogens with one attached hydrogen (secondary N) is 2. The summed E-state index contributed by atoms with van der Waals surface area (Å²) in [5.74, 6) is -3.90. The van der Waals surface area contributed by atoms with E-state index in [-0.39, 0.29) is 28.2 Å². The molecule has 0 aliphatic heterocycles. The Hall–Kier alpha value is -3.09. The van der Waals surface area contributed by atoms with Crippen LogP contribution in [-0.2, 0) is 10.0 Å². The Labute approximate surface area is 191 Å². The highest BCUT2D eigenvalue weighted by Gasteiger charge is 2.26. The summed E-state index contributed by atoms with van der Waals surface area (Å²) < 4.78 is 64.4. The standard InChI is InChI=1S/C20H18ClF3N4O4S/c1-10(13-9-26-19(29)17-12(13)3-5-16(23)18(17)24)28(6-7-33(25,31)32)20(30)27-11-2-4-15(22)14(21)8-11/h2-5,8-10H,6-7H2,1H3,(H,26,29)(H,27,30)(H2,25,31,32)/t10-/m0/s1. The van der Waals surface area contributed by atoms with Crippen molar-refractivity contribution in [2.45, 2.75) is 13.0 Å². The lowest BCUT2D eigenvalue weighted by Crippen LogP contribution is -2.41. The zero-order chi connectivity index (χ0) is 24.5. The number of primary sulfonamides is 1. The quantitative estimate of drug-likeness (QED) is 0.477. The van der Waals surface area contributed by atoms with Gasteiger partial charge < -0.3 is 15.2 Å². The van der Waals surface area contributed by atoms with E-state index in [1.807, 2.05) is 0 Å². The van der Waals surface area contributed by atoms with E-state index in [2.05, 4.69) is 10.3 Å². The van der Waals surface area contributed by atoms with E-state index in [9.17, 15) is 31.2 Å². The number of sulfonamides is 1. The number of carbonyl (C=O) groups excluding carboxylic acids is 1. The average molecular weight is 503 g/mol. The monoisotopic (exact) mass is 502 g/mol. The number of anilines is 1. The highest BCUT2D eigenvalue weighted by molar-refractivity contribution is 7.89. The Morgan fingerprint density at radius 1 is 1.21 bits per heavy atom. The molecule has 2 amide bonds. The van der Waals surface area contributed by atoms with E-state index in [0.29, 0.717) is 0 Å². The Kier molecular flexibility index (Phi) is 7.00. The topological polar surface area (TPSA) is 125 Å². The van der Waals surface area contributed by atoms with Crippen LogP contribution in [-0.4, -0.2) is 36.6 Å². The van der Waals surface area contributed by atoms with Crippen LogP contribution in [0.3, 0.4) is 0 Å². The molecule has 1 aromatic heterocycles. The summed E-state index contributed by atoms with van der Waals surface area (Å²) in [6.45, 7) is 1.11. The van der Waals surface area contributed by atoms with Crippen LogP contribution in [0.2, 0.25) is 5.02 Å². The number of amides is 2. The zero-order valence-electron chi connectivity index (χ0n) is 17.0. The largest absolute Gasteiger partial charge is 0.328 e. The predicted molar refractivity (Wildman–Crippen MR) is 118 cm³/mol. The smallest absolute Gasteiger partial charge is 0.322 e. The van der Waals surface area contributed by atoms with E-state index in [1.54, 1.807) is 0 Å². The lowest BCUT2D eigenvalue weighted by atomic mass is 10.0. The number of hydrogen-bond donors (Lipinski definition) is 3. The Bertz CT molecular complexity index is 1400. The van der Waals surface area contributed by atoms with E-state index >= 15 is 0 Å². The van der Waals surface area contributed by atoms with Crippen molar-refractivity contribution in [1.82, 2.24) is 9.88 Å². The van der Waals surface area contributed by atoms with Crippen molar-refractivity contribution in [3.63, 3.8) is 0 Å². The van der Waals surface area contributed by atoms with Gasteiger partial charge in [-0.15, -0.1) is 0 Å². The van der Waals surface area contributed by atoms with Gasteiger partial charge in [0.05, 0.1) is 22.2 Å². The number of benzene rings is 2. The van der Waals surface area contributed by atoms with Crippen molar-refractivity contribution in [3.05, 3.63) is 74.9 Å². The summed E-state index contributed by atoms with van der Waals surface area (Å²) in [6.07, 6.45) is 1.22. The third-order valence-corrected chi connectivity index (χ3v) is 6.00. The van der Waals surface area contributed by atoms with Gasteiger partial charge >= 0.3 is 6.03 Å². The first-order valence-corrected chi connectivity index (χ1v) is 11.5. The highest BCUT2D eigenvalue weighted by atomic mass is 35.5. The molecule has 0 spiro atoms. The maximum Gasteiger partial charge on any atom is 0.322 e. The number of urea groups is 1. The normalized spacial score (nSPS) is 12.5. The van der Waals surface area contributed by atoms with E-state index in [1.165, 1.54) is 25.3 Å². The second-order valence-corrected chi connectivity index (χ2v) is 9.29. The predicted octanol–water partition coefficient (Wildman–Crippen LogP) is 3.48. The molecule has 0 saturated heterocycles. The van der Waals surface area contributed by atoms with Crippen molar-refractivity contribution in [2.75, 3.05) is 17.6 Å². The number of pyridine rings is 1. The van der Waals surface area contributed by atoms with E-state index in [0.717, 1.165) is 23.1 Å². The number of halogens is 4. The minimum Gasteiger partial charge on any atom is -0.328 e. The minimum atomic E-state index is -3.97. The molecule has 0 unspecified atom stereocenters. The van der Waals surface area contributed by atoms with Crippen molar-refractivity contribution < 1.29 is 26.4 Å². The molecule has 3 rings (SSSR count). The number of aromatic nitrogens is 1. The number of nitrogens with zero attached hydrogens (tertiary/aromatic N) is 1. The average Bonchev–Trinajstić information content (AvgIpc) is 2.72. The number of aromatic amines is 1. The highest BCUT2D eigenvalue weighted by Crippen LogP contribution is 2.29. The maximum atomic E-state index is 14.3. The van der Waals surface area contributed by atoms with Crippen LogP contribution in [0.1, 0.15) is 18.5 Å². The molecule has 8 nitrogen and oxygen atoms in total. The van der Waals surface area contributed by atoms with E-state index < -0.39 is 56.2 Å². The van der Waals surface area contributed by atoms with Crippen LogP contribution in [0.5, 0.6) is 0 Å². The minimum absolute atomic E-state index is 0.0309. The molecule has 0 radical (unpaired) electrons. The SMILES string of the molecule is C[C@@H](c1c[nH]c(=O)c2c(F)c(F)ccc12)N(CCS(N)(=O)=O)C(=O)Nc1ccc(F)c(Cl)c1. The summed E-state index contributed by atoms with van der Waals surface area (Å²) in [5.41, 5.74) is -0.539. The molecule has 0 bridgehead atoms. The molecule has 4 N–H and O–H groups in total. The van der Waals surface area contributed by atoms with Crippen LogP contribution in [0.4, 0.5) is 23.7 Å². The summed E-state index contributed by atoms with van der Waals surface area (Å²) in [7, 11) is -3.97. The first-order chi connectivity index (χ1) is 15.4. The Morgan fingerprint density at radius 2 is 1.88 bits per heavy atom. The fourth-order valence-electron chi connectivity index (χ4n) is 3.29. The summed E-state index contributed by atoms with van der Waals surface area (Å²) >= 11 is 5.73. The van der Waals surface area contributed by atoms with Crippen molar-refractivity contribution >= 4 is 44.1 Å². The third kappa shape index (κ3) is 5.46. The fraction of sp³-hybridized carbons (Fsp3) is 0.200. The fourth-order valence-corrected chi connectivity index (χ4v) is 3.92. The summed E-state index contributed by atoms with van der Waals surface area (Å²) in [5, 5.41) is 6.78. The molecule has 0 saturated carbocycles. The lowest BCUT2D eigenvalue weighted by Gasteiger charge is -2.30. The van der Waals surface area contributed by atoms with Gasteiger partial charge in [0.2, 0.25) is 10.0 Å². The van der Waals surface area contributed by atoms with Crippen LogP contribution in [0.15, 0.2) is 41.3 Å². The molecule has 0 aliphatic carbocycles. The van der Waals surface area contributed by atoms with Gasteiger partial charge in [-0.25, -0.2) is 31.5 Å². The number of fused-ring (bicyclic) bond motifs is 1. The number of rotatable bonds is 6. The molecule has 0 aliphatic rings. The van der Waals surface area contributed by atoms with Crippen molar-refractivity contribution in [2.24, 2.45) is 5.14 Å². The Balaban J connectivity index is 2.04. The number of nitrogens with two attached hydrogens (primary N) is 1. The number of H-pyrrole nitrogens is 1. The first-order valence-electron chi connectivity index (χ1n) is 9.41. The second-order valence-electron chi connectivity index (χ2n) is 7.15. The summed E-state index contributed by atoms with van der Waals surface area (Å²) in [6, 6.07) is 3.71. The Morgan fingerprint density at radius 3 is 2.52 bits per heavy atom. The van der Waals surface area contributed by atoms with Gasteiger partial charge in [-0.3, -0.25) is 4.79 Å². The maximum absolute atomic E-state index is 14.3. The zero-order valence-corrected chi connectivity index (χ0v) is 18.6. The van der Waals surface area contributed by atoms with Gasteiger partial charge in [-0.05, 0) is 42.1 Å². The first kappa shape index (κ1) is 24.6. The summed E-state index contributed by atoms with van der Waals surface area (Å²) in [4.78, 5) is 28.5. The molecule has 3 aromatic rings. The third-order valence-electron chi connectivity index (χ3n) is 4.96. The van der Waals surface area contributed by atoms with Crippen LogP contribution in [0.25, 0.3) is 10.8 Å².